The highest BCUT2D eigenvalue weighted by atomic mass is 19.4. The van der Waals surface area contributed by atoms with Crippen molar-refractivity contribution in [1.29, 1.82) is 0 Å². The van der Waals surface area contributed by atoms with E-state index in [9.17, 15) is 18.3 Å². The van der Waals surface area contributed by atoms with Gasteiger partial charge in [0.25, 0.3) is 0 Å². The normalized spacial score (nSPS) is 13.4. The van der Waals surface area contributed by atoms with E-state index in [1.54, 1.807) is 0 Å². The number of alkyl halides is 3. The Kier molecular flexibility index (Phi) is 4.68. The number of aliphatic hydroxyl groups excluding tert-OH is 1. The van der Waals surface area contributed by atoms with E-state index >= 15 is 0 Å². The fourth-order valence-electron chi connectivity index (χ4n) is 1.18. The number of aliphatic hydroxyl groups is 1. The Labute approximate surface area is 101 Å². The molecule has 9 heteroatoms. The van der Waals surface area contributed by atoms with E-state index in [4.69, 9.17) is 5.73 Å². The third-order valence-electron chi connectivity index (χ3n) is 1.91. The average molecular weight is 266 g/mol. The number of nitrogens with one attached hydrogen (secondary N) is 1. The van der Waals surface area contributed by atoms with Crippen LogP contribution in [0.5, 0.6) is 0 Å². The molecule has 0 fully saturated rings. The number of methoxy groups -OCH3 is 1. The second-order valence-electron chi connectivity index (χ2n) is 3.48. The molecule has 102 valence electrons. The van der Waals surface area contributed by atoms with Crippen molar-refractivity contribution in [2.45, 2.75) is 12.3 Å². The van der Waals surface area contributed by atoms with Gasteiger partial charge in [0, 0.05) is 19.7 Å². The van der Waals surface area contributed by atoms with Gasteiger partial charge in [0.2, 0.25) is 5.95 Å². The van der Waals surface area contributed by atoms with Crippen LogP contribution in [-0.4, -0.2) is 41.4 Å². The van der Waals surface area contributed by atoms with Gasteiger partial charge in [-0.15, -0.1) is 0 Å². The average Bonchev–Trinajstić information content (AvgIpc) is 2.25. The zero-order chi connectivity index (χ0) is 13.8. The number of nitrogen functional groups attached to an aromatic ring is 1. The molecule has 1 aromatic rings. The molecule has 0 radical (unpaired) electrons. The number of nitrogens with two attached hydrogens (primary N) is 1. The number of hydrogen-bond acceptors (Lipinski definition) is 6. The van der Waals surface area contributed by atoms with Crippen LogP contribution in [0.3, 0.4) is 0 Å². The van der Waals surface area contributed by atoms with Gasteiger partial charge in [-0.05, 0) is 0 Å². The third kappa shape index (κ3) is 4.34. The minimum absolute atomic E-state index is 0.0123. The Morgan fingerprint density at radius 3 is 2.72 bits per heavy atom. The van der Waals surface area contributed by atoms with Crippen molar-refractivity contribution in [2.24, 2.45) is 0 Å². The number of anilines is 2. The van der Waals surface area contributed by atoms with Gasteiger partial charge >= 0.3 is 6.18 Å². The molecule has 0 aliphatic carbocycles. The highest BCUT2D eigenvalue weighted by molar-refractivity contribution is 5.41. The molecule has 0 bridgehead atoms. The molecular formula is C9H13F3N4O2. The molecule has 0 saturated heterocycles. The van der Waals surface area contributed by atoms with Crippen LogP contribution in [0.2, 0.25) is 0 Å². The Morgan fingerprint density at radius 2 is 2.17 bits per heavy atom. The molecule has 0 spiro atoms. The number of aromatic nitrogens is 2. The Bertz CT molecular complexity index is 400. The van der Waals surface area contributed by atoms with E-state index < -0.39 is 23.9 Å². The topological polar surface area (TPSA) is 93.3 Å². The van der Waals surface area contributed by atoms with Crippen LogP contribution in [0, 0.1) is 0 Å². The summed E-state index contributed by atoms with van der Waals surface area (Å²) in [6.45, 7) is 0.0429. The summed E-state index contributed by atoms with van der Waals surface area (Å²) in [5.41, 5.74) is 4.03. The fourth-order valence-corrected chi connectivity index (χ4v) is 1.18. The Morgan fingerprint density at radius 1 is 1.50 bits per heavy atom. The fraction of sp³-hybridized carbons (Fsp3) is 0.556. The van der Waals surface area contributed by atoms with Gasteiger partial charge in [-0.1, -0.05) is 0 Å². The van der Waals surface area contributed by atoms with E-state index in [0.717, 1.165) is 6.07 Å². The zero-order valence-corrected chi connectivity index (χ0v) is 9.53. The predicted octanol–water partition coefficient (Wildman–Crippen LogP) is 0.497. The highest BCUT2D eigenvalue weighted by Crippen LogP contribution is 2.29. The third-order valence-corrected chi connectivity index (χ3v) is 1.91. The first kappa shape index (κ1) is 14.5. The van der Waals surface area contributed by atoms with Crippen molar-refractivity contribution in [3.8, 4) is 0 Å². The van der Waals surface area contributed by atoms with E-state index in [1.165, 1.54) is 7.11 Å². The van der Waals surface area contributed by atoms with Crippen molar-refractivity contribution in [1.82, 2.24) is 9.97 Å². The minimum Gasteiger partial charge on any atom is -0.389 e. The number of ether oxygens (including phenoxy) is 1. The van der Waals surface area contributed by atoms with Crippen LogP contribution in [0.4, 0.5) is 24.9 Å². The summed E-state index contributed by atoms with van der Waals surface area (Å²) in [4.78, 5) is 6.67. The number of halogens is 3. The molecule has 1 rings (SSSR count). The molecule has 4 N–H and O–H groups in total. The smallest absolute Gasteiger partial charge is 0.389 e. The maximum atomic E-state index is 12.4. The molecular weight excluding hydrogens is 253 g/mol. The van der Waals surface area contributed by atoms with Crippen molar-refractivity contribution < 1.29 is 23.0 Å². The summed E-state index contributed by atoms with van der Waals surface area (Å²) in [6.07, 6.45) is -5.46. The maximum Gasteiger partial charge on any atom is 0.433 e. The van der Waals surface area contributed by atoms with E-state index in [1.807, 2.05) is 0 Å². The lowest BCUT2D eigenvalue weighted by molar-refractivity contribution is -0.141. The highest BCUT2D eigenvalue weighted by Gasteiger charge is 2.33. The van der Waals surface area contributed by atoms with Crippen LogP contribution in [0.1, 0.15) is 5.69 Å². The second-order valence-corrected chi connectivity index (χ2v) is 3.48. The van der Waals surface area contributed by atoms with Gasteiger partial charge < -0.3 is 20.9 Å². The lowest BCUT2D eigenvalue weighted by Gasteiger charge is -2.13. The summed E-state index contributed by atoms with van der Waals surface area (Å²) in [6, 6.07) is 0.718. The molecule has 6 nitrogen and oxygen atoms in total. The van der Waals surface area contributed by atoms with Gasteiger partial charge in [-0.25, -0.2) is 4.98 Å². The molecule has 18 heavy (non-hydrogen) atoms. The van der Waals surface area contributed by atoms with Gasteiger partial charge in [-0.2, -0.15) is 18.2 Å². The lowest BCUT2D eigenvalue weighted by Crippen LogP contribution is -2.25. The van der Waals surface area contributed by atoms with Crippen LogP contribution in [0.15, 0.2) is 6.07 Å². The molecule has 0 amide bonds. The van der Waals surface area contributed by atoms with Gasteiger partial charge in [0.05, 0.1) is 12.7 Å². The molecule has 0 aliphatic heterocycles. The first-order chi connectivity index (χ1) is 8.32. The monoisotopic (exact) mass is 266 g/mol. The van der Waals surface area contributed by atoms with Gasteiger partial charge in [-0.3, -0.25) is 0 Å². The van der Waals surface area contributed by atoms with Crippen molar-refractivity contribution in [3.05, 3.63) is 11.8 Å². The van der Waals surface area contributed by atoms with Crippen molar-refractivity contribution in [3.63, 3.8) is 0 Å². The molecule has 0 aromatic carbocycles. The van der Waals surface area contributed by atoms with E-state index in [0.29, 0.717) is 0 Å². The lowest BCUT2D eigenvalue weighted by atomic mass is 10.3. The minimum atomic E-state index is -4.60. The molecule has 0 saturated carbocycles. The largest absolute Gasteiger partial charge is 0.433 e. The Hall–Kier alpha value is -1.61. The zero-order valence-electron chi connectivity index (χ0n) is 9.53. The van der Waals surface area contributed by atoms with Crippen LogP contribution in [-0.2, 0) is 10.9 Å². The van der Waals surface area contributed by atoms with Crippen LogP contribution in [0.25, 0.3) is 0 Å². The molecule has 1 unspecified atom stereocenters. The molecule has 1 heterocycles. The standard InChI is InChI=1S/C9H13F3N4O2/c1-18-4-5(17)3-14-7-2-6(9(10,11)12)15-8(13)16-7/h2,5,17H,3-4H2,1H3,(H3,13,14,15,16). The Balaban J connectivity index is 2.75. The van der Waals surface area contributed by atoms with Gasteiger partial charge in [0.15, 0.2) is 5.69 Å². The first-order valence-electron chi connectivity index (χ1n) is 4.95. The van der Waals surface area contributed by atoms with E-state index in [-0.39, 0.29) is 19.0 Å². The summed E-state index contributed by atoms with van der Waals surface area (Å²) in [7, 11) is 1.40. The predicted molar refractivity (Wildman–Crippen MR) is 57.8 cm³/mol. The number of nitrogens with zero attached hydrogens (tertiary/aromatic N) is 2. The maximum absolute atomic E-state index is 12.4. The molecule has 0 aliphatic rings. The van der Waals surface area contributed by atoms with Crippen LogP contribution >= 0.6 is 0 Å². The second kappa shape index (κ2) is 5.83. The number of hydrogen-bond donors (Lipinski definition) is 3. The SMILES string of the molecule is COCC(O)CNc1cc(C(F)(F)F)nc(N)n1. The molecule has 1 atom stereocenters. The number of rotatable bonds is 5. The van der Waals surface area contributed by atoms with Gasteiger partial charge in [0.1, 0.15) is 5.82 Å². The summed E-state index contributed by atoms with van der Waals surface area (Å²) in [5.74, 6) is -0.599. The van der Waals surface area contributed by atoms with Crippen molar-refractivity contribution in [2.75, 3.05) is 31.3 Å². The first-order valence-corrected chi connectivity index (χ1v) is 4.95. The van der Waals surface area contributed by atoms with Crippen molar-refractivity contribution >= 4 is 11.8 Å². The van der Waals surface area contributed by atoms with E-state index in [2.05, 4.69) is 20.0 Å². The molecule has 1 aromatic heterocycles. The summed E-state index contributed by atoms with van der Waals surface area (Å²) >= 11 is 0. The summed E-state index contributed by atoms with van der Waals surface area (Å²) < 4.78 is 41.9. The quantitative estimate of drug-likeness (QED) is 0.718. The summed E-state index contributed by atoms with van der Waals surface area (Å²) in [5, 5.41) is 11.8. The van der Waals surface area contributed by atoms with Crippen LogP contribution < -0.4 is 11.1 Å².